The Kier molecular flexibility index (Phi) is 3.12. The molecule has 5 fully saturated rings. The van der Waals surface area contributed by atoms with Crippen molar-refractivity contribution in [2.45, 2.75) is 44.7 Å². The molecule has 6 unspecified atom stereocenters. The molecule has 5 heteroatoms. The highest BCUT2D eigenvalue weighted by molar-refractivity contribution is 6.02. The lowest BCUT2D eigenvalue weighted by molar-refractivity contribution is -0.131. The first kappa shape index (κ1) is 15.4. The van der Waals surface area contributed by atoms with Gasteiger partial charge in [0, 0.05) is 18.3 Å². The number of anilines is 1. The van der Waals surface area contributed by atoms with E-state index in [0.29, 0.717) is 30.7 Å². The number of fused-ring (bicyclic) bond motifs is 1. The number of nitrogens with two attached hydrogens (primary N) is 1. The zero-order valence-corrected chi connectivity index (χ0v) is 14.6. The van der Waals surface area contributed by atoms with Gasteiger partial charge in [-0.05, 0) is 68.1 Å². The molecule has 1 aliphatic heterocycles. The molecule has 4 aliphatic carbocycles. The Morgan fingerprint density at radius 2 is 2.12 bits per heavy atom. The molecule has 132 valence electrons. The van der Waals surface area contributed by atoms with Crippen LogP contribution in [0.1, 0.15) is 31.2 Å². The quantitative estimate of drug-likeness (QED) is 0.878. The minimum atomic E-state index is -0.407. The first-order chi connectivity index (χ1) is 12.0. The fraction of sp³-hybridized carbons (Fsp3) is 0.600. The molecular weight excluding hydrogens is 314 g/mol. The van der Waals surface area contributed by atoms with Gasteiger partial charge in [-0.2, -0.15) is 0 Å². The molecular formula is C20H25N3O2. The molecule has 5 nitrogen and oxygen atoms in total. The molecule has 25 heavy (non-hydrogen) atoms. The summed E-state index contributed by atoms with van der Waals surface area (Å²) < 4.78 is 0. The Morgan fingerprint density at radius 3 is 2.80 bits per heavy atom. The maximum atomic E-state index is 13.0. The summed E-state index contributed by atoms with van der Waals surface area (Å²) in [7, 11) is 0. The molecule has 6 atom stereocenters. The monoisotopic (exact) mass is 339 g/mol. The van der Waals surface area contributed by atoms with E-state index in [-0.39, 0.29) is 23.3 Å². The van der Waals surface area contributed by atoms with Crippen molar-refractivity contribution in [1.29, 1.82) is 0 Å². The van der Waals surface area contributed by atoms with E-state index in [1.165, 1.54) is 6.42 Å². The van der Waals surface area contributed by atoms with Crippen LogP contribution in [0.15, 0.2) is 24.3 Å². The van der Waals surface area contributed by atoms with Crippen LogP contribution >= 0.6 is 0 Å². The second-order valence-electron chi connectivity index (χ2n) is 8.39. The number of amides is 2. The van der Waals surface area contributed by atoms with Gasteiger partial charge in [0.05, 0.1) is 5.41 Å². The van der Waals surface area contributed by atoms with Crippen LogP contribution in [-0.4, -0.2) is 30.4 Å². The fourth-order valence-corrected chi connectivity index (χ4v) is 6.05. The Labute approximate surface area is 147 Å². The summed E-state index contributed by atoms with van der Waals surface area (Å²) >= 11 is 0. The maximum absolute atomic E-state index is 13.0. The second kappa shape index (κ2) is 5.07. The Morgan fingerprint density at radius 1 is 1.28 bits per heavy atom. The predicted molar refractivity (Wildman–Crippen MR) is 94.8 cm³/mol. The number of carbonyl (C=O) groups excluding carboxylic acids is 2. The summed E-state index contributed by atoms with van der Waals surface area (Å²) in [5.74, 6) is 1.47. The van der Waals surface area contributed by atoms with Crippen LogP contribution in [0.3, 0.4) is 0 Å². The number of rotatable bonds is 3. The van der Waals surface area contributed by atoms with Crippen LogP contribution in [0.25, 0.3) is 0 Å². The number of nitrogens with one attached hydrogen (secondary N) is 1. The molecule has 0 aromatic heterocycles. The van der Waals surface area contributed by atoms with Crippen molar-refractivity contribution in [3.8, 4) is 0 Å². The standard InChI is InChI=1S/C20H25N3O2/c1-11-3-2-4-13(9-11)23-8-7-16(18(23)24)22-19(25)20-14-6-5-12(17(20)21)10-15(14)20/h2-4,9,12,14-17H,5-8,10,21H2,1H3,(H,22,25). The third-order valence-corrected chi connectivity index (χ3v) is 7.29. The molecule has 1 aromatic carbocycles. The average molecular weight is 339 g/mol. The minimum absolute atomic E-state index is 0.00396. The predicted octanol–water partition coefficient (Wildman–Crippen LogP) is 1.59. The Balaban J connectivity index is 1.31. The average Bonchev–Trinajstić information content (AvgIpc) is 3.05. The molecule has 4 saturated carbocycles. The van der Waals surface area contributed by atoms with Crippen LogP contribution in [0, 0.1) is 30.1 Å². The Bertz CT molecular complexity index is 757. The Hall–Kier alpha value is -1.88. The first-order valence-corrected chi connectivity index (χ1v) is 9.48. The fourth-order valence-electron chi connectivity index (χ4n) is 6.05. The van der Waals surface area contributed by atoms with Gasteiger partial charge < -0.3 is 16.0 Å². The van der Waals surface area contributed by atoms with Gasteiger partial charge in [0.25, 0.3) is 0 Å². The summed E-state index contributed by atoms with van der Waals surface area (Å²) in [6.45, 7) is 2.67. The van der Waals surface area contributed by atoms with E-state index in [1.54, 1.807) is 4.90 Å². The normalized spacial score (nSPS) is 41.1. The summed E-state index contributed by atoms with van der Waals surface area (Å²) in [5, 5.41) is 3.07. The highest BCUT2D eigenvalue weighted by Gasteiger charge is 2.78. The van der Waals surface area contributed by atoms with Crippen LogP contribution in [0.4, 0.5) is 5.69 Å². The molecule has 4 bridgehead atoms. The summed E-state index contributed by atoms with van der Waals surface area (Å²) in [4.78, 5) is 27.6. The lowest BCUT2D eigenvalue weighted by Gasteiger charge is -2.32. The number of carbonyl (C=O) groups is 2. The highest BCUT2D eigenvalue weighted by atomic mass is 16.2. The molecule has 1 heterocycles. The lowest BCUT2D eigenvalue weighted by atomic mass is 9.77. The van der Waals surface area contributed by atoms with Crippen molar-refractivity contribution in [1.82, 2.24) is 5.32 Å². The van der Waals surface area contributed by atoms with Gasteiger partial charge in [0.1, 0.15) is 6.04 Å². The lowest BCUT2D eigenvalue weighted by Crippen LogP contribution is -2.52. The van der Waals surface area contributed by atoms with Crippen LogP contribution in [0.5, 0.6) is 0 Å². The molecule has 0 spiro atoms. The van der Waals surface area contributed by atoms with Crippen LogP contribution in [-0.2, 0) is 9.59 Å². The molecule has 3 N–H and O–H groups in total. The van der Waals surface area contributed by atoms with E-state index in [9.17, 15) is 9.59 Å². The van der Waals surface area contributed by atoms with Crippen LogP contribution in [0.2, 0.25) is 0 Å². The molecule has 0 radical (unpaired) electrons. The molecule has 2 amide bonds. The highest BCUT2D eigenvalue weighted by Crippen LogP contribution is 2.75. The maximum Gasteiger partial charge on any atom is 0.249 e. The smallest absolute Gasteiger partial charge is 0.249 e. The van der Waals surface area contributed by atoms with Crippen molar-refractivity contribution in [3.63, 3.8) is 0 Å². The van der Waals surface area contributed by atoms with E-state index in [2.05, 4.69) is 5.32 Å². The van der Waals surface area contributed by atoms with E-state index in [1.807, 2.05) is 31.2 Å². The van der Waals surface area contributed by atoms with Crippen molar-refractivity contribution in [2.75, 3.05) is 11.4 Å². The summed E-state index contributed by atoms with van der Waals surface area (Å²) in [6.07, 6.45) is 4.07. The van der Waals surface area contributed by atoms with E-state index in [4.69, 9.17) is 5.73 Å². The topological polar surface area (TPSA) is 75.4 Å². The van der Waals surface area contributed by atoms with Crippen molar-refractivity contribution >= 4 is 17.5 Å². The van der Waals surface area contributed by atoms with Crippen molar-refractivity contribution in [2.24, 2.45) is 28.9 Å². The third kappa shape index (κ3) is 1.93. The third-order valence-electron chi connectivity index (χ3n) is 7.29. The SMILES string of the molecule is Cc1cccc(N2CCC(NC(=O)C34C(N)C5CCC3C4C5)C2=O)c1. The van der Waals surface area contributed by atoms with Gasteiger partial charge in [-0.1, -0.05) is 12.1 Å². The largest absolute Gasteiger partial charge is 0.344 e. The minimum Gasteiger partial charge on any atom is -0.344 e. The summed E-state index contributed by atoms with van der Waals surface area (Å²) in [6, 6.07) is 7.54. The van der Waals surface area contributed by atoms with Crippen molar-refractivity contribution in [3.05, 3.63) is 29.8 Å². The van der Waals surface area contributed by atoms with Gasteiger partial charge >= 0.3 is 0 Å². The van der Waals surface area contributed by atoms with Crippen LogP contribution < -0.4 is 16.0 Å². The number of benzene rings is 1. The van der Waals surface area contributed by atoms with Gasteiger partial charge in [-0.15, -0.1) is 0 Å². The second-order valence-corrected chi connectivity index (χ2v) is 8.39. The zero-order chi connectivity index (χ0) is 17.3. The van der Waals surface area contributed by atoms with E-state index < -0.39 is 6.04 Å². The first-order valence-electron chi connectivity index (χ1n) is 9.48. The molecule has 1 saturated heterocycles. The van der Waals surface area contributed by atoms with Gasteiger partial charge in [0.2, 0.25) is 11.8 Å². The van der Waals surface area contributed by atoms with Gasteiger partial charge in [-0.3, -0.25) is 9.59 Å². The number of aryl methyl sites for hydroxylation is 1. The summed E-state index contributed by atoms with van der Waals surface area (Å²) in [5.41, 5.74) is 8.12. The number of hydrogen-bond donors (Lipinski definition) is 2. The number of hydrogen-bond acceptors (Lipinski definition) is 3. The van der Waals surface area contributed by atoms with Gasteiger partial charge in [0.15, 0.2) is 0 Å². The zero-order valence-electron chi connectivity index (χ0n) is 14.6. The molecule has 6 rings (SSSR count). The molecule has 1 aromatic rings. The van der Waals surface area contributed by atoms with Gasteiger partial charge in [-0.25, -0.2) is 0 Å². The number of nitrogens with zero attached hydrogens (tertiary/aromatic N) is 1. The van der Waals surface area contributed by atoms with Crippen molar-refractivity contribution < 1.29 is 9.59 Å². The molecule has 5 aliphatic rings. The van der Waals surface area contributed by atoms with E-state index in [0.717, 1.165) is 24.1 Å². The van der Waals surface area contributed by atoms with E-state index >= 15 is 0 Å².